The van der Waals surface area contributed by atoms with E-state index in [1.165, 1.54) is 16.5 Å². The minimum Gasteiger partial charge on any atom is -0.448 e. The quantitative estimate of drug-likeness (QED) is 0.552. The molecule has 0 fully saturated rings. The first-order valence-corrected chi connectivity index (χ1v) is 8.92. The molecular formula is C21H17N3O3. The molecular weight excluding hydrogens is 342 g/mol. The van der Waals surface area contributed by atoms with Crippen molar-refractivity contribution in [2.24, 2.45) is 0 Å². The van der Waals surface area contributed by atoms with Crippen LogP contribution in [0.2, 0.25) is 0 Å². The molecule has 1 aliphatic heterocycles. The minimum absolute atomic E-state index is 0.0407. The number of amides is 1. The highest BCUT2D eigenvalue weighted by Gasteiger charge is 2.22. The van der Waals surface area contributed by atoms with E-state index in [4.69, 9.17) is 4.42 Å². The lowest BCUT2D eigenvalue weighted by Gasteiger charge is -2.29. The molecule has 0 radical (unpaired) electrons. The number of aromatic nitrogens is 2. The van der Waals surface area contributed by atoms with E-state index in [0.717, 1.165) is 17.4 Å². The standard InChI is InChI=1S/C21H17N3O3/c25-18(23-10-9-14-5-1-2-6-15(14)11-23)12-24-13-22-19-16-7-3-4-8-17(16)27-20(19)21(24)26/h1-8,13H,9-12H2. The van der Waals surface area contributed by atoms with Crippen molar-refractivity contribution >= 4 is 28.0 Å². The smallest absolute Gasteiger partial charge is 0.297 e. The Hall–Kier alpha value is -3.41. The highest BCUT2D eigenvalue weighted by atomic mass is 16.3. The number of nitrogens with zero attached hydrogens (tertiary/aromatic N) is 3. The van der Waals surface area contributed by atoms with Crippen LogP contribution in [0.3, 0.4) is 0 Å². The summed E-state index contributed by atoms with van der Waals surface area (Å²) in [5.74, 6) is -0.0936. The Bertz CT molecular complexity index is 1240. The van der Waals surface area contributed by atoms with Crippen LogP contribution in [-0.2, 0) is 24.3 Å². The maximum atomic E-state index is 12.8. The first kappa shape index (κ1) is 15.8. The summed E-state index contributed by atoms with van der Waals surface area (Å²) in [5, 5.41) is 0.802. The Labute approximate surface area is 154 Å². The van der Waals surface area contributed by atoms with Gasteiger partial charge in [-0.05, 0) is 29.7 Å². The van der Waals surface area contributed by atoms with Gasteiger partial charge < -0.3 is 9.32 Å². The van der Waals surface area contributed by atoms with E-state index < -0.39 is 0 Å². The fourth-order valence-electron chi connectivity index (χ4n) is 3.68. The van der Waals surface area contributed by atoms with Crippen LogP contribution in [0.5, 0.6) is 0 Å². The number of hydrogen-bond donors (Lipinski definition) is 0. The van der Waals surface area contributed by atoms with Crippen LogP contribution in [0.25, 0.3) is 22.1 Å². The van der Waals surface area contributed by atoms with E-state index in [9.17, 15) is 9.59 Å². The van der Waals surface area contributed by atoms with Gasteiger partial charge in [-0.25, -0.2) is 4.98 Å². The van der Waals surface area contributed by atoms with Crippen molar-refractivity contribution in [1.82, 2.24) is 14.5 Å². The first-order valence-electron chi connectivity index (χ1n) is 8.92. The monoisotopic (exact) mass is 359 g/mol. The number of benzene rings is 2. The fourth-order valence-corrected chi connectivity index (χ4v) is 3.68. The van der Waals surface area contributed by atoms with Crippen LogP contribution in [-0.4, -0.2) is 26.9 Å². The Morgan fingerprint density at radius 1 is 1.07 bits per heavy atom. The average molecular weight is 359 g/mol. The summed E-state index contributed by atoms with van der Waals surface area (Å²) >= 11 is 0. The van der Waals surface area contributed by atoms with Crippen molar-refractivity contribution in [2.75, 3.05) is 6.54 Å². The molecule has 0 saturated heterocycles. The molecule has 3 heterocycles. The number of carbonyl (C=O) groups is 1. The Kier molecular flexibility index (Phi) is 3.57. The van der Waals surface area contributed by atoms with E-state index in [1.54, 1.807) is 11.0 Å². The normalized spacial score (nSPS) is 13.9. The molecule has 1 amide bonds. The molecule has 2 aromatic carbocycles. The van der Waals surface area contributed by atoms with Crippen molar-refractivity contribution in [3.8, 4) is 0 Å². The molecule has 0 spiro atoms. The number of para-hydroxylation sites is 1. The van der Waals surface area contributed by atoms with Crippen LogP contribution in [0, 0.1) is 0 Å². The third-order valence-electron chi connectivity index (χ3n) is 5.14. The third-order valence-corrected chi connectivity index (χ3v) is 5.14. The maximum absolute atomic E-state index is 12.8. The summed E-state index contributed by atoms with van der Waals surface area (Å²) in [6.07, 6.45) is 2.26. The largest absolute Gasteiger partial charge is 0.448 e. The average Bonchev–Trinajstić information content (AvgIpc) is 3.09. The van der Waals surface area contributed by atoms with Gasteiger partial charge in [0.15, 0.2) is 0 Å². The van der Waals surface area contributed by atoms with Crippen molar-refractivity contribution in [2.45, 2.75) is 19.5 Å². The number of hydrogen-bond acceptors (Lipinski definition) is 4. The van der Waals surface area contributed by atoms with Crippen LogP contribution in [0.4, 0.5) is 0 Å². The molecule has 0 saturated carbocycles. The summed E-state index contributed by atoms with van der Waals surface area (Å²) < 4.78 is 7.00. The predicted molar refractivity (Wildman–Crippen MR) is 101 cm³/mol. The zero-order chi connectivity index (χ0) is 18.4. The predicted octanol–water partition coefficient (Wildman–Crippen LogP) is 2.73. The second kappa shape index (κ2) is 6.09. The Morgan fingerprint density at radius 3 is 2.74 bits per heavy atom. The van der Waals surface area contributed by atoms with Crippen LogP contribution in [0.1, 0.15) is 11.1 Å². The number of carbonyl (C=O) groups excluding carboxylic acids is 1. The highest BCUT2D eigenvalue weighted by Crippen LogP contribution is 2.24. The van der Waals surface area contributed by atoms with Gasteiger partial charge in [-0.15, -0.1) is 0 Å². The number of furan rings is 1. The van der Waals surface area contributed by atoms with Crippen molar-refractivity contribution in [3.63, 3.8) is 0 Å². The van der Waals surface area contributed by atoms with Gasteiger partial charge in [-0.3, -0.25) is 14.2 Å². The van der Waals surface area contributed by atoms with Gasteiger partial charge in [0.05, 0.1) is 6.33 Å². The summed E-state index contributed by atoms with van der Waals surface area (Å²) in [5.41, 5.74) is 3.46. The van der Waals surface area contributed by atoms with Gasteiger partial charge in [0, 0.05) is 18.5 Å². The summed E-state index contributed by atoms with van der Waals surface area (Å²) in [6, 6.07) is 15.5. The summed E-state index contributed by atoms with van der Waals surface area (Å²) in [6.45, 7) is 1.19. The Balaban J connectivity index is 1.45. The molecule has 2 aromatic heterocycles. The zero-order valence-corrected chi connectivity index (χ0v) is 14.6. The highest BCUT2D eigenvalue weighted by molar-refractivity contribution is 6.01. The summed E-state index contributed by atoms with van der Waals surface area (Å²) in [7, 11) is 0. The summed E-state index contributed by atoms with van der Waals surface area (Å²) in [4.78, 5) is 31.7. The fraction of sp³-hybridized carbons (Fsp3) is 0.190. The molecule has 6 nitrogen and oxygen atoms in total. The van der Waals surface area contributed by atoms with E-state index >= 15 is 0 Å². The maximum Gasteiger partial charge on any atom is 0.297 e. The van der Waals surface area contributed by atoms with Gasteiger partial charge in [-0.2, -0.15) is 0 Å². The molecule has 0 aliphatic carbocycles. The van der Waals surface area contributed by atoms with Gasteiger partial charge >= 0.3 is 0 Å². The first-order chi connectivity index (χ1) is 13.2. The second-order valence-corrected chi connectivity index (χ2v) is 6.79. The van der Waals surface area contributed by atoms with E-state index in [1.807, 2.05) is 36.4 Å². The molecule has 0 N–H and O–H groups in total. The van der Waals surface area contributed by atoms with Crippen LogP contribution in [0.15, 0.2) is 64.1 Å². The van der Waals surface area contributed by atoms with E-state index in [2.05, 4.69) is 11.1 Å². The van der Waals surface area contributed by atoms with E-state index in [0.29, 0.717) is 24.2 Å². The lowest BCUT2D eigenvalue weighted by Crippen LogP contribution is -2.39. The van der Waals surface area contributed by atoms with Crippen molar-refractivity contribution in [1.29, 1.82) is 0 Å². The van der Waals surface area contributed by atoms with Crippen LogP contribution >= 0.6 is 0 Å². The lowest BCUT2D eigenvalue weighted by atomic mass is 10.00. The third kappa shape index (κ3) is 2.61. The number of rotatable bonds is 2. The SMILES string of the molecule is O=C(Cn1cnc2c(oc3ccccc32)c1=O)N1CCc2ccccc2C1. The molecule has 1 aliphatic rings. The number of fused-ring (bicyclic) bond motifs is 4. The van der Waals surface area contributed by atoms with Crippen LogP contribution < -0.4 is 5.56 Å². The molecule has 4 aromatic rings. The molecule has 0 unspecified atom stereocenters. The van der Waals surface area contributed by atoms with Gasteiger partial charge in [0.25, 0.3) is 5.56 Å². The second-order valence-electron chi connectivity index (χ2n) is 6.79. The molecule has 134 valence electrons. The van der Waals surface area contributed by atoms with Crippen molar-refractivity contribution < 1.29 is 9.21 Å². The molecule has 5 rings (SSSR count). The molecule has 6 heteroatoms. The molecule has 27 heavy (non-hydrogen) atoms. The van der Waals surface area contributed by atoms with Gasteiger partial charge in [-0.1, -0.05) is 36.4 Å². The minimum atomic E-state index is -0.332. The van der Waals surface area contributed by atoms with E-state index in [-0.39, 0.29) is 23.6 Å². The van der Waals surface area contributed by atoms with Crippen molar-refractivity contribution in [3.05, 3.63) is 76.3 Å². The van der Waals surface area contributed by atoms with Gasteiger partial charge in [0.1, 0.15) is 17.6 Å². The molecule has 0 atom stereocenters. The van der Waals surface area contributed by atoms with Gasteiger partial charge in [0.2, 0.25) is 11.5 Å². The molecule has 0 bridgehead atoms. The lowest BCUT2D eigenvalue weighted by molar-refractivity contribution is -0.132. The zero-order valence-electron chi connectivity index (χ0n) is 14.6. The topological polar surface area (TPSA) is 68.3 Å². The Morgan fingerprint density at radius 2 is 1.85 bits per heavy atom.